The minimum Gasteiger partial charge on any atom is -0.309 e. The fourth-order valence-electron chi connectivity index (χ4n) is 10.1. The molecule has 0 saturated carbocycles. The molecule has 2 aliphatic carbocycles. The molecule has 2 heteroatoms. The predicted molar refractivity (Wildman–Crippen MR) is 232 cm³/mol. The van der Waals surface area contributed by atoms with E-state index in [4.69, 9.17) is 0 Å². The summed E-state index contributed by atoms with van der Waals surface area (Å²) in [6, 6.07) is 54.0. The first-order valence-electron chi connectivity index (χ1n) is 19.4. The molecule has 0 radical (unpaired) electrons. The number of hydrogen-bond acceptors (Lipinski definition) is 1. The molecule has 0 fully saturated rings. The van der Waals surface area contributed by atoms with Crippen molar-refractivity contribution in [3.8, 4) is 39.1 Å². The number of pyridine rings is 1. The summed E-state index contributed by atoms with van der Waals surface area (Å²) in [4.78, 5) is 4.64. The molecule has 0 bridgehead atoms. The van der Waals surface area contributed by atoms with Crippen molar-refractivity contribution < 1.29 is 0 Å². The summed E-state index contributed by atoms with van der Waals surface area (Å²) in [6.45, 7) is 7.25. The molecule has 2 heterocycles. The number of hydrogen-bond donors (Lipinski definition) is 0. The second kappa shape index (κ2) is 11.7. The summed E-state index contributed by atoms with van der Waals surface area (Å²) < 4.78 is 2.44. The van der Waals surface area contributed by atoms with Crippen LogP contribution in [-0.4, -0.2) is 9.55 Å². The van der Waals surface area contributed by atoms with E-state index in [9.17, 15) is 0 Å². The minimum absolute atomic E-state index is 0.0157. The van der Waals surface area contributed by atoms with Crippen LogP contribution in [0, 0.1) is 5.41 Å². The van der Waals surface area contributed by atoms with Crippen LogP contribution >= 0.6 is 0 Å². The zero-order valence-electron chi connectivity index (χ0n) is 31.3. The van der Waals surface area contributed by atoms with E-state index >= 15 is 0 Å². The molecule has 9 aromatic rings. The van der Waals surface area contributed by atoms with E-state index < -0.39 is 0 Å². The molecule has 2 nitrogen and oxygen atoms in total. The van der Waals surface area contributed by atoms with Gasteiger partial charge in [0.2, 0.25) is 0 Å². The smallest absolute Gasteiger partial charge is 0.0571 e. The molecular weight excluding hydrogens is 665 g/mol. The first-order chi connectivity index (χ1) is 26.9. The Morgan fingerprint density at radius 1 is 0.509 bits per heavy atom. The third-order valence-electron chi connectivity index (χ3n) is 13.2. The first-order valence-corrected chi connectivity index (χ1v) is 19.4. The molecule has 0 saturated heterocycles. The van der Waals surface area contributed by atoms with Gasteiger partial charge in [-0.2, -0.15) is 0 Å². The highest BCUT2D eigenvalue weighted by atomic mass is 15.0. The van der Waals surface area contributed by atoms with Gasteiger partial charge in [0.25, 0.3) is 0 Å². The van der Waals surface area contributed by atoms with Gasteiger partial charge in [0.05, 0.1) is 11.0 Å². The maximum Gasteiger partial charge on any atom is 0.0571 e. The maximum atomic E-state index is 4.64. The van der Waals surface area contributed by atoms with Crippen molar-refractivity contribution in [2.45, 2.75) is 32.1 Å². The number of allylic oxidation sites excluding steroid dienone is 4. The van der Waals surface area contributed by atoms with E-state index in [1.165, 1.54) is 88.2 Å². The van der Waals surface area contributed by atoms with Gasteiger partial charge in [-0.1, -0.05) is 154 Å². The van der Waals surface area contributed by atoms with E-state index in [1.54, 1.807) is 0 Å². The summed E-state index contributed by atoms with van der Waals surface area (Å²) >= 11 is 0. The molecule has 0 aliphatic heterocycles. The molecule has 0 N–H and O–H groups in total. The van der Waals surface area contributed by atoms with E-state index in [0.29, 0.717) is 5.92 Å². The number of rotatable bonds is 4. The average Bonchev–Trinajstić information content (AvgIpc) is 3.65. The summed E-state index contributed by atoms with van der Waals surface area (Å²) in [5, 5.41) is 7.41. The number of aromatic nitrogens is 2. The van der Waals surface area contributed by atoms with Crippen molar-refractivity contribution in [3.63, 3.8) is 0 Å². The van der Waals surface area contributed by atoms with Gasteiger partial charge in [-0.3, -0.25) is 4.98 Å². The second-order valence-electron chi connectivity index (χ2n) is 16.1. The van der Waals surface area contributed by atoms with Gasteiger partial charge in [-0.15, -0.1) is 0 Å². The van der Waals surface area contributed by atoms with Crippen molar-refractivity contribution in [2.24, 2.45) is 5.41 Å². The molecule has 2 unspecified atom stereocenters. The average molecular weight is 705 g/mol. The van der Waals surface area contributed by atoms with Crippen molar-refractivity contribution >= 4 is 43.4 Å². The number of fused-ring (bicyclic) bond motifs is 8. The van der Waals surface area contributed by atoms with Gasteiger partial charge in [0.1, 0.15) is 0 Å². The Morgan fingerprint density at radius 2 is 1.13 bits per heavy atom. The lowest BCUT2D eigenvalue weighted by atomic mass is 9.62. The second-order valence-corrected chi connectivity index (χ2v) is 16.1. The molecule has 0 spiro atoms. The maximum absolute atomic E-state index is 4.64. The van der Waals surface area contributed by atoms with Crippen LogP contribution < -0.4 is 0 Å². The lowest BCUT2D eigenvalue weighted by Gasteiger charge is -2.41. The van der Waals surface area contributed by atoms with E-state index in [0.717, 1.165) is 5.39 Å². The van der Waals surface area contributed by atoms with Gasteiger partial charge in [-0.25, -0.2) is 0 Å². The van der Waals surface area contributed by atoms with Crippen LogP contribution in [0.3, 0.4) is 0 Å². The highest BCUT2D eigenvalue weighted by molar-refractivity contribution is 6.22. The van der Waals surface area contributed by atoms with Crippen LogP contribution in [0.1, 0.15) is 37.8 Å². The minimum atomic E-state index is -0.0157. The van der Waals surface area contributed by atoms with Crippen molar-refractivity contribution in [2.75, 3.05) is 0 Å². The zero-order valence-corrected chi connectivity index (χ0v) is 31.3. The molecular formula is C53H40N2. The molecule has 7 aromatic carbocycles. The molecule has 11 rings (SSSR count). The van der Waals surface area contributed by atoms with Gasteiger partial charge < -0.3 is 4.57 Å². The van der Waals surface area contributed by atoms with Gasteiger partial charge in [0, 0.05) is 40.2 Å². The van der Waals surface area contributed by atoms with Crippen LogP contribution in [0.5, 0.6) is 0 Å². The Labute approximate surface area is 321 Å². The lowest BCUT2D eigenvalue weighted by molar-refractivity contribution is 0.244. The van der Waals surface area contributed by atoms with Crippen molar-refractivity contribution in [3.05, 3.63) is 193 Å². The van der Waals surface area contributed by atoms with Gasteiger partial charge >= 0.3 is 0 Å². The molecule has 55 heavy (non-hydrogen) atoms. The van der Waals surface area contributed by atoms with E-state index in [1.807, 2.05) is 12.4 Å². The van der Waals surface area contributed by atoms with Crippen LogP contribution in [0.15, 0.2) is 182 Å². The van der Waals surface area contributed by atoms with E-state index in [-0.39, 0.29) is 10.8 Å². The first kappa shape index (κ1) is 32.0. The monoisotopic (exact) mass is 704 g/mol. The van der Waals surface area contributed by atoms with Crippen LogP contribution in [0.4, 0.5) is 0 Å². The number of benzene rings is 7. The van der Waals surface area contributed by atoms with Crippen molar-refractivity contribution in [1.82, 2.24) is 9.55 Å². The highest BCUT2D eigenvalue weighted by Crippen LogP contribution is 2.61. The molecule has 2 atom stereocenters. The summed E-state index contributed by atoms with van der Waals surface area (Å²) in [7, 11) is 0. The Balaban J connectivity index is 1.12. The molecule has 0 amide bonds. The largest absolute Gasteiger partial charge is 0.309 e. The van der Waals surface area contributed by atoms with E-state index in [2.05, 4.69) is 200 Å². The predicted octanol–water partition coefficient (Wildman–Crippen LogP) is 14.0. The summed E-state index contributed by atoms with van der Waals surface area (Å²) in [5.74, 6) is 0.382. The quantitative estimate of drug-likeness (QED) is 0.167. The third kappa shape index (κ3) is 4.52. The SMILES string of the molecule is CC1(C)c2cc(-n3c4ccncc4c4cc(-c5ccc6c(-c7ccccc7)c7ccccc7c(-c7ccccc7)c6c5)ccc43)ccc2C2C=CC=CC21C. The Hall–Kier alpha value is -6.51. The lowest BCUT2D eigenvalue weighted by Crippen LogP contribution is -2.36. The molecule has 2 aliphatic rings. The number of nitrogens with zero attached hydrogens (tertiary/aromatic N) is 2. The molecule has 2 aromatic heterocycles. The Kier molecular flexibility index (Phi) is 6.83. The Morgan fingerprint density at radius 3 is 1.85 bits per heavy atom. The molecule has 262 valence electrons. The fourth-order valence-corrected chi connectivity index (χ4v) is 10.1. The van der Waals surface area contributed by atoms with Crippen LogP contribution in [0.25, 0.3) is 82.4 Å². The van der Waals surface area contributed by atoms with Gasteiger partial charge in [-0.05, 0) is 108 Å². The van der Waals surface area contributed by atoms with Crippen LogP contribution in [0.2, 0.25) is 0 Å². The standard InChI is InChI=1S/C53H40N2/c1-52(2)47-32-38(23-25-42(47)46-20-12-13-28-53(46,52)3)55-48-26-22-37(30-43(48)45-33-54-29-27-49(45)55)36-21-24-41-44(31-36)51(35-16-8-5-9-17-35)40-19-11-10-18-39(40)50(41)34-14-6-4-7-15-34/h4-33,46H,1-3H3. The fraction of sp³-hybridized carbons (Fsp3) is 0.113. The summed E-state index contributed by atoms with van der Waals surface area (Å²) in [6.07, 6.45) is 13.2. The topological polar surface area (TPSA) is 17.8 Å². The summed E-state index contributed by atoms with van der Waals surface area (Å²) in [5.41, 5.74) is 13.8. The highest BCUT2D eigenvalue weighted by Gasteiger charge is 2.53. The normalized spacial score (nSPS) is 18.3. The Bertz CT molecular complexity index is 3070. The third-order valence-corrected chi connectivity index (χ3v) is 13.2. The van der Waals surface area contributed by atoms with Gasteiger partial charge in [0.15, 0.2) is 0 Å². The van der Waals surface area contributed by atoms with Crippen molar-refractivity contribution in [1.29, 1.82) is 0 Å². The zero-order chi connectivity index (χ0) is 36.9. The van der Waals surface area contributed by atoms with Crippen LogP contribution in [-0.2, 0) is 5.41 Å².